The summed E-state index contributed by atoms with van der Waals surface area (Å²) in [6.07, 6.45) is -4.57. The quantitative estimate of drug-likeness (QED) is 0.837. The Balaban J connectivity index is 2.45. The molecule has 0 amide bonds. The predicted molar refractivity (Wildman–Crippen MR) is 66.9 cm³/mol. The van der Waals surface area contributed by atoms with Crippen LogP contribution < -0.4 is 10.5 Å². The van der Waals surface area contributed by atoms with Gasteiger partial charge >= 0.3 is 12.3 Å². The molecule has 116 valence electrons. The third-order valence-electron chi connectivity index (χ3n) is 3.53. The van der Waals surface area contributed by atoms with Gasteiger partial charge in [0.2, 0.25) is 0 Å². The normalized spacial score (nSPS) is 18.2. The highest BCUT2D eigenvalue weighted by molar-refractivity contribution is 5.84. The summed E-state index contributed by atoms with van der Waals surface area (Å²) in [7, 11) is 0. The van der Waals surface area contributed by atoms with E-state index >= 15 is 0 Å². The standard InChI is InChI=1S/C13H14F3NO4/c14-13(15,16)21-8-1-2-10(17)9(7-8)12(11(18)19)3-5-20-6-4-12/h1-2,7H,3-6,17H2,(H,18,19). The second-order valence-electron chi connectivity index (χ2n) is 4.80. The van der Waals surface area contributed by atoms with E-state index in [1.807, 2.05) is 0 Å². The van der Waals surface area contributed by atoms with E-state index in [2.05, 4.69) is 4.74 Å². The highest BCUT2D eigenvalue weighted by Crippen LogP contribution is 2.40. The maximum Gasteiger partial charge on any atom is 0.573 e. The number of halogens is 3. The zero-order valence-electron chi connectivity index (χ0n) is 10.9. The molecule has 0 radical (unpaired) electrons. The van der Waals surface area contributed by atoms with Gasteiger partial charge in [-0.05, 0) is 36.6 Å². The lowest BCUT2D eigenvalue weighted by Crippen LogP contribution is -2.41. The first kappa shape index (κ1) is 15.4. The van der Waals surface area contributed by atoms with Gasteiger partial charge in [-0.2, -0.15) is 0 Å². The van der Waals surface area contributed by atoms with Crippen molar-refractivity contribution in [2.45, 2.75) is 24.6 Å². The molecular weight excluding hydrogens is 291 g/mol. The number of nitrogen functional groups attached to an aromatic ring is 1. The highest BCUT2D eigenvalue weighted by Gasteiger charge is 2.43. The minimum absolute atomic E-state index is 0.119. The van der Waals surface area contributed by atoms with Gasteiger partial charge in [-0.1, -0.05) is 0 Å². The number of aliphatic carboxylic acids is 1. The Morgan fingerprint density at radius 2 is 1.95 bits per heavy atom. The van der Waals surface area contributed by atoms with E-state index in [9.17, 15) is 23.1 Å². The van der Waals surface area contributed by atoms with Crippen molar-refractivity contribution >= 4 is 11.7 Å². The van der Waals surface area contributed by atoms with Crippen LogP contribution in [0.2, 0.25) is 0 Å². The van der Waals surface area contributed by atoms with Crippen molar-refractivity contribution in [3.63, 3.8) is 0 Å². The first-order valence-electron chi connectivity index (χ1n) is 6.21. The third-order valence-corrected chi connectivity index (χ3v) is 3.53. The number of hydrogen-bond donors (Lipinski definition) is 2. The molecule has 2 rings (SSSR count). The van der Waals surface area contributed by atoms with Gasteiger partial charge in [-0.25, -0.2) is 0 Å². The Kier molecular flexibility index (Phi) is 3.99. The minimum Gasteiger partial charge on any atom is -0.481 e. The fourth-order valence-electron chi connectivity index (χ4n) is 2.47. The van der Waals surface area contributed by atoms with Crippen LogP contribution in [0.4, 0.5) is 18.9 Å². The fraction of sp³-hybridized carbons (Fsp3) is 0.462. The molecule has 0 saturated carbocycles. The van der Waals surface area contributed by atoms with Gasteiger partial charge in [-0.3, -0.25) is 4.79 Å². The molecule has 1 saturated heterocycles. The van der Waals surface area contributed by atoms with Crippen molar-refractivity contribution in [2.24, 2.45) is 0 Å². The fourth-order valence-corrected chi connectivity index (χ4v) is 2.47. The molecule has 3 N–H and O–H groups in total. The van der Waals surface area contributed by atoms with Gasteiger partial charge in [-0.15, -0.1) is 13.2 Å². The molecule has 0 spiro atoms. The SMILES string of the molecule is Nc1ccc(OC(F)(F)F)cc1C1(C(=O)O)CCOCC1. The summed E-state index contributed by atoms with van der Waals surface area (Å²) in [5.41, 5.74) is 4.66. The average Bonchev–Trinajstić information content (AvgIpc) is 2.40. The van der Waals surface area contributed by atoms with Crippen LogP contribution >= 0.6 is 0 Å². The second kappa shape index (κ2) is 5.44. The van der Waals surface area contributed by atoms with Gasteiger partial charge in [0.15, 0.2) is 0 Å². The van der Waals surface area contributed by atoms with Crippen molar-refractivity contribution in [3.05, 3.63) is 23.8 Å². The number of hydrogen-bond acceptors (Lipinski definition) is 4. The number of benzene rings is 1. The minimum atomic E-state index is -4.85. The van der Waals surface area contributed by atoms with Gasteiger partial charge in [0.25, 0.3) is 0 Å². The van der Waals surface area contributed by atoms with E-state index < -0.39 is 23.5 Å². The topological polar surface area (TPSA) is 81.8 Å². The maximum absolute atomic E-state index is 12.3. The van der Waals surface area contributed by atoms with Crippen molar-refractivity contribution < 1.29 is 32.5 Å². The van der Waals surface area contributed by atoms with Crippen LogP contribution in [-0.4, -0.2) is 30.7 Å². The Morgan fingerprint density at radius 1 is 1.33 bits per heavy atom. The van der Waals surface area contributed by atoms with Crippen molar-refractivity contribution in [1.82, 2.24) is 0 Å². The molecule has 1 aliphatic heterocycles. The second-order valence-corrected chi connectivity index (χ2v) is 4.80. The number of rotatable bonds is 3. The smallest absolute Gasteiger partial charge is 0.481 e. The van der Waals surface area contributed by atoms with E-state index in [0.29, 0.717) is 0 Å². The Labute approximate surface area is 118 Å². The van der Waals surface area contributed by atoms with E-state index in [-0.39, 0.29) is 37.3 Å². The largest absolute Gasteiger partial charge is 0.573 e. The maximum atomic E-state index is 12.3. The van der Waals surface area contributed by atoms with Crippen LogP contribution in [-0.2, 0) is 14.9 Å². The molecule has 1 aromatic rings. The number of nitrogens with two attached hydrogens (primary N) is 1. The highest BCUT2D eigenvalue weighted by atomic mass is 19.4. The molecule has 0 aromatic heterocycles. The molecular formula is C13H14F3NO4. The predicted octanol–water partition coefficient (Wildman–Crippen LogP) is 2.30. The molecule has 8 heteroatoms. The lowest BCUT2D eigenvalue weighted by atomic mass is 9.73. The van der Waals surface area contributed by atoms with E-state index in [1.54, 1.807) is 0 Å². The Hall–Kier alpha value is -1.96. The lowest BCUT2D eigenvalue weighted by molar-refractivity contribution is -0.274. The van der Waals surface area contributed by atoms with Gasteiger partial charge in [0.05, 0.1) is 5.41 Å². The zero-order chi connectivity index (χ0) is 15.7. The van der Waals surface area contributed by atoms with Crippen LogP contribution in [0.3, 0.4) is 0 Å². The molecule has 5 nitrogen and oxygen atoms in total. The molecule has 1 aliphatic rings. The van der Waals surface area contributed by atoms with E-state index in [1.165, 1.54) is 6.07 Å². The Morgan fingerprint density at radius 3 is 2.48 bits per heavy atom. The number of ether oxygens (including phenoxy) is 2. The van der Waals surface area contributed by atoms with Gasteiger partial charge < -0.3 is 20.3 Å². The zero-order valence-corrected chi connectivity index (χ0v) is 10.9. The van der Waals surface area contributed by atoms with Crippen molar-refractivity contribution in [3.8, 4) is 5.75 Å². The van der Waals surface area contributed by atoms with Crippen molar-refractivity contribution in [1.29, 1.82) is 0 Å². The van der Waals surface area contributed by atoms with Gasteiger partial charge in [0, 0.05) is 18.9 Å². The summed E-state index contributed by atoms with van der Waals surface area (Å²) in [5, 5.41) is 9.52. The monoisotopic (exact) mass is 305 g/mol. The first-order chi connectivity index (χ1) is 9.74. The summed E-state index contributed by atoms with van der Waals surface area (Å²) >= 11 is 0. The molecule has 21 heavy (non-hydrogen) atoms. The molecule has 1 heterocycles. The van der Waals surface area contributed by atoms with Crippen LogP contribution in [0.5, 0.6) is 5.75 Å². The van der Waals surface area contributed by atoms with Gasteiger partial charge in [0.1, 0.15) is 5.75 Å². The number of carboxylic acid groups (broad SMARTS) is 1. The molecule has 0 bridgehead atoms. The molecule has 0 aliphatic carbocycles. The molecule has 0 atom stereocenters. The summed E-state index contributed by atoms with van der Waals surface area (Å²) in [4.78, 5) is 11.7. The number of anilines is 1. The summed E-state index contributed by atoms with van der Waals surface area (Å²) < 4.78 is 45.8. The third kappa shape index (κ3) is 3.21. The van der Waals surface area contributed by atoms with Crippen molar-refractivity contribution in [2.75, 3.05) is 18.9 Å². The molecule has 1 aromatic carbocycles. The lowest BCUT2D eigenvalue weighted by Gasteiger charge is -2.34. The first-order valence-corrected chi connectivity index (χ1v) is 6.21. The number of alkyl halides is 3. The summed E-state index contributed by atoms with van der Waals surface area (Å²) in [5.74, 6) is -1.62. The Bertz CT molecular complexity index is 539. The van der Waals surface area contributed by atoms with Crippen LogP contribution in [0, 0.1) is 0 Å². The average molecular weight is 305 g/mol. The number of carboxylic acids is 1. The van der Waals surface area contributed by atoms with E-state index in [0.717, 1.165) is 12.1 Å². The van der Waals surface area contributed by atoms with Crippen LogP contribution in [0.25, 0.3) is 0 Å². The summed E-state index contributed by atoms with van der Waals surface area (Å²) in [6.45, 7) is 0.409. The molecule has 0 unspecified atom stereocenters. The summed E-state index contributed by atoms with van der Waals surface area (Å²) in [6, 6.07) is 3.32. The number of carbonyl (C=O) groups is 1. The van der Waals surface area contributed by atoms with Crippen LogP contribution in [0.1, 0.15) is 18.4 Å². The van der Waals surface area contributed by atoms with E-state index in [4.69, 9.17) is 10.5 Å². The molecule has 1 fully saturated rings. The van der Waals surface area contributed by atoms with Crippen LogP contribution in [0.15, 0.2) is 18.2 Å².